The highest BCUT2D eigenvalue weighted by Gasteiger charge is 2.19. The minimum absolute atomic E-state index is 0.00125. The van der Waals surface area contributed by atoms with Crippen LogP contribution >= 0.6 is 0 Å². The molecule has 2 heterocycles. The van der Waals surface area contributed by atoms with Crippen LogP contribution in [0.4, 0.5) is 11.4 Å². The van der Waals surface area contributed by atoms with Crippen molar-refractivity contribution in [3.8, 4) is 0 Å². The van der Waals surface area contributed by atoms with Crippen LogP contribution in [0.15, 0.2) is 85.2 Å². The lowest BCUT2D eigenvalue weighted by atomic mass is 9.90. The number of nitro benzene ring substituents is 2. The lowest BCUT2D eigenvalue weighted by molar-refractivity contribution is -0.385. The van der Waals surface area contributed by atoms with Gasteiger partial charge in [-0.05, 0) is 59.7 Å². The van der Waals surface area contributed by atoms with E-state index in [1.165, 1.54) is 24.3 Å². The third-order valence-electron chi connectivity index (χ3n) is 4.72. The van der Waals surface area contributed by atoms with Crippen molar-refractivity contribution in [2.75, 3.05) is 0 Å². The number of benzene rings is 2. The van der Waals surface area contributed by atoms with E-state index in [-0.39, 0.29) is 11.4 Å². The third-order valence-corrected chi connectivity index (χ3v) is 4.72. The van der Waals surface area contributed by atoms with Gasteiger partial charge in [0, 0.05) is 59.2 Å². The molecule has 8 heteroatoms. The molecule has 4 aromatic rings. The van der Waals surface area contributed by atoms with Crippen LogP contribution in [0, 0.1) is 20.2 Å². The average molecular weight is 400 g/mol. The zero-order valence-corrected chi connectivity index (χ0v) is 15.6. The maximum atomic E-state index is 11.1. The summed E-state index contributed by atoms with van der Waals surface area (Å²) in [6, 6.07) is 20.2. The van der Waals surface area contributed by atoms with Crippen LogP contribution in [0.25, 0.3) is 11.1 Å². The lowest BCUT2D eigenvalue weighted by Crippen LogP contribution is -1.99. The summed E-state index contributed by atoms with van der Waals surface area (Å²) in [6.45, 7) is 0. The van der Waals surface area contributed by atoms with Crippen LogP contribution < -0.4 is 0 Å². The molecule has 0 aliphatic rings. The molecule has 0 unspecified atom stereocenters. The first-order chi connectivity index (χ1) is 14.5. The summed E-state index contributed by atoms with van der Waals surface area (Å²) in [5.74, 6) is 0. The Morgan fingerprint density at radius 1 is 0.600 bits per heavy atom. The predicted octanol–water partition coefficient (Wildman–Crippen LogP) is 5.17. The summed E-state index contributed by atoms with van der Waals surface area (Å²) in [5, 5.41) is 22.1. The van der Waals surface area contributed by atoms with Gasteiger partial charge < -0.3 is 9.97 Å². The first-order valence-electron chi connectivity index (χ1n) is 9.06. The molecule has 0 atom stereocenters. The highest BCUT2D eigenvalue weighted by Crippen LogP contribution is 2.36. The molecule has 0 fully saturated rings. The van der Waals surface area contributed by atoms with Gasteiger partial charge in [0.25, 0.3) is 11.4 Å². The fraction of sp³-hybridized carbons (Fsp3) is 0. The van der Waals surface area contributed by atoms with Crippen molar-refractivity contribution in [2.45, 2.75) is 0 Å². The van der Waals surface area contributed by atoms with Crippen LogP contribution in [0.2, 0.25) is 0 Å². The molecule has 2 aromatic carbocycles. The second kappa shape index (κ2) is 7.88. The fourth-order valence-electron chi connectivity index (χ4n) is 3.34. The molecule has 2 N–H and O–H groups in total. The van der Waals surface area contributed by atoms with Crippen molar-refractivity contribution in [1.82, 2.24) is 9.97 Å². The Balaban J connectivity index is 1.99. The monoisotopic (exact) mass is 400 g/mol. The molecule has 0 spiro atoms. The Bertz CT molecular complexity index is 1110. The van der Waals surface area contributed by atoms with Crippen LogP contribution in [-0.4, -0.2) is 19.8 Å². The van der Waals surface area contributed by atoms with E-state index >= 15 is 0 Å². The molecule has 8 nitrogen and oxygen atoms in total. The van der Waals surface area contributed by atoms with Crippen molar-refractivity contribution in [3.05, 3.63) is 128 Å². The van der Waals surface area contributed by atoms with Crippen molar-refractivity contribution < 1.29 is 9.85 Å². The van der Waals surface area contributed by atoms with Crippen LogP contribution in [-0.2, 0) is 0 Å². The molecule has 0 amide bonds. The second-order valence-corrected chi connectivity index (χ2v) is 6.53. The number of nitro groups is 2. The van der Waals surface area contributed by atoms with Gasteiger partial charge in [0.2, 0.25) is 0 Å². The van der Waals surface area contributed by atoms with Crippen LogP contribution in [0.1, 0.15) is 22.5 Å². The number of hydrogen-bond acceptors (Lipinski definition) is 4. The molecule has 0 aliphatic carbocycles. The van der Waals surface area contributed by atoms with Crippen molar-refractivity contribution in [1.29, 1.82) is 0 Å². The Morgan fingerprint density at radius 2 is 0.967 bits per heavy atom. The zero-order valence-electron chi connectivity index (χ0n) is 15.6. The Labute approximate surface area is 170 Å². The lowest BCUT2D eigenvalue weighted by Gasteiger charge is -2.15. The van der Waals surface area contributed by atoms with Gasteiger partial charge in [-0.15, -0.1) is 0 Å². The normalized spacial score (nSPS) is 11.7. The van der Waals surface area contributed by atoms with Gasteiger partial charge in [0.05, 0.1) is 9.85 Å². The van der Waals surface area contributed by atoms with E-state index in [4.69, 9.17) is 0 Å². The molecule has 0 aliphatic heterocycles. The average Bonchev–Trinajstić information content (AvgIpc) is 3.46. The summed E-state index contributed by atoms with van der Waals surface area (Å²) in [6.07, 6.45) is 3.59. The zero-order chi connectivity index (χ0) is 21.1. The second-order valence-electron chi connectivity index (χ2n) is 6.53. The SMILES string of the molecule is O=[N+]([O-])c1ccc(/C(=C(\c2ccc([N+](=O)[O-])cc2)c2ccc[nH]2)c2ccc[nH]2)cc1. The number of aromatic nitrogens is 2. The number of aromatic amines is 2. The standard InChI is InChI=1S/C22H16N4O4/c27-25(28)17-9-5-15(6-10-17)21(19-3-1-13-23-19)22(20-4-2-14-24-20)16-7-11-18(12-8-16)26(29)30/h1-14,23-24H/b22-21-. The minimum atomic E-state index is -0.440. The number of rotatable bonds is 6. The van der Waals surface area contributed by atoms with Gasteiger partial charge in [0.15, 0.2) is 0 Å². The largest absolute Gasteiger partial charge is 0.361 e. The topological polar surface area (TPSA) is 118 Å². The summed E-state index contributed by atoms with van der Waals surface area (Å²) in [7, 11) is 0. The van der Waals surface area contributed by atoms with Gasteiger partial charge in [-0.25, -0.2) is 0 Å². The highest BCUT2D eigenvalue weighted by molar-refractivity contribution is 6.03. The molecule has 148 valence electrons. The maximum Gasteiger partial charge on any atom is 0.269 e. The van der Waals surface area contributed by atoms with Crippen molar-refractivity contribution in [2.24, 2.45) is 0 Å². The molecule has 2 aromatic heterocycles. The summed E-state index contributed by atoms with van der Waals surface area (Å²) < 4.78 is 0. The van der Waals surface area contributed by atoms with E-state index in [1.807, 2.05) is 24.3 Å². The Hall–Kier alpha value is -4.46. The minimum Gasteiger partial charge on any atom is -0.361 e. The van der Waals surface area contributed by atoms with Gasteiger partial charge in [0.1, 0.15) is 0 Å². The Morgan fingerprint density at radius 3 is 1.23 bits per heavy atom. The molecule has 30 heavy (non-hydrogen) atoms. The molecular formula is C22H16N4O4. The molecular weight excluding hydrogens is 384 g/mol. The van der Waals surface area contributed by atoms with Crippen LogP contribution in [0.5, 0.6) is 0 Å². The molecule has 0 bridgehead atoms. The van der Waals surface area contributed by atoms with Crippen LogP contribution in [0.3, 0.4) is 0 Å². The van der Waals surface area contributed by atoms with Gasteiger partial charge >= 0.3 is 0 Å². The van der Waals surface area contributed by atoms with E-state index in [2.05, 4.69) is 9.97 Å². The third kappa shape index (κ3) is 3.61. The number of non-ortho nitro benzene ring substituents is 2. The van der Waals surface area contributed by atoms with Crippen molar-refractivity contribution >= 4 is 22.5 Å². The number of nitrogens with one attached hydrogen (secondary N) is 2. The highest BCUT2D eigenvalue weighted by atomic mass is 16.6. The first kappa shape index (κ1) is 18.9. The van der Waals surface area contributed by atoms with Gasteiger partial charge in [-0.3, -0.25) is 20.2 Å². The molecule has 0 saturated carbocycles. The quantitative estimate of drug-likeness (QED) is 0.264. The number of hydrogen-bond donors (Lipinski definition) is 2. The van der Waals surface area contributed by atoms with Crippen molar-refractivity contribution in [3.63, 3.8) is 0 Å². The van der Waals surface area contributed by atoms with E-state index in [1.54, 1.807) is 36.7 Å². The number of H-pyrrole nitrogens is 2. The van der Waals surface area contributed by atoms with Gasteiger partial charge in [-0.1, -0.05) is 0 Å². The predicted molar refractivity (Wildman–Crippen MR) is 113 cm³/mol. The fourth-order valence-corrected chi connectivity index (χ4v) is 3.34. The smallest absolute Gasteiger partial charge is 0.269 e. The van der Waals surface area contributed by atoms with E-state index in [0.717, 1.165) is 33.7 Å². The molecule has 0 saturated heterocycles. The summed E-state index contributed by atoms with van der Waals surface area (Å²) >= 11 is 0. The van der Waals surface area contributed by atoms with E-state index < -0.39 is 9.85 Å². The Kier molecular flexibility index (Phi) is 4.96. The first-order valence-corrected chi connectivity index (χ1v) is 9.06. The molecule has 0 radical (unpaired) electrons. The summed E-state index contributed by atoms with van der Waals surface area (Å²) in [4.78, 5) is 27.7. The number of nitrogens with zero attached hydrogens (tertiary/aromatic N) is 2. The summed E-state index contributed by atoms with van der Waals surface area (Å²) in [5.41, 5.74) is 4.79. The van der Waals surface area contributed by atoms with E-state index in [9.17, 15) is 20.2 Å². The maximum absolute atomic E-state index is 11.1. The van der Waals surface area contributed by atoms with Gasteiger partial charge in [-0.2, -0.15) is 0 Å². The molecule has 4 rings (SSSR count). The van der Waals surface area contributed by atoms with E-state index in [0.29, 0.717) is 0 Å².